The monoisotopic (exact) mass is 245 g/mol. The van der Waals surface area contributed by atoms with Crippen molar-refractivity contribution in [1.29, 1.82) is 0 Å². The zero-order valence-corrected chi connectivity index (χ0v) is 10.9. The van der Waals surface area contributed by atoms with Crippen LogP contribution in [0.3, 0.4) is 0 Å². The van der Waals surface area contributed by atoms with Crippen molar-refractivity contribution in [2.75, 3.05) is 6.61 Å². The summed E-state index contributed by atoms with van der Waals surface area (Å²) < 4.78 is 5.61. The van der Waals surface area contributed by atoms with Crippen molar-refractivity contribution in [1.82, 2.24) is 4.98 Å². The van der Waals surface area contributed by atoms with E-state index in [0.717, 1.165) is 30.2 Å². The van der Waals surface area contributed by atoms with E-state index in [4.69, 9.17) is 9.52 Å². The van der Waals surface area contributed by atoms with E-state index in [1.807, 2.05) is 13.0 Å². The molecule has 0 saturated heterocycles. The highest BCUT2D eigenvalue weighted by Crippen LogP contribution is 2.14. The molecule has 2 rings (SSSR count). The first kappa shape index (κ1) is 12.8. The molecule has 0 bridgehead atoms. The van der Waals surface area contributed by atoms with Crippen LogP contribution < -0.4 is 0 Å². The summed E-state index contributed by atoms with van der Waals surface area (Å²) in [7, 11) is 0. The summed E-state index contributed by atoms with van der Waals surface area (Å²) in [5.74, 6) is 1.59. The van der Waals surface area contributed by atoms with E-state index in [2.05, 4.69) is 30.1 Å². The van der Waals surface area contributed by atoms with Crippen LogP contribution >= 0.6 is 0 Å². The summed E-state index contributed by atoms with van der Waals surface area (Å²) in [6.45, 7) is 4.13. The highest BCUT2D eigenvalue weighted by molar-refractivity contribution is 5.26. The molecule has 0 aliphatic heterocycles. The maximum Gasteiger partial charge on any atom is 0.194 e. The van der Waals surface area contributed by atoms with Gasteiger partial charge in [-0.25, -0.2) is 4.98 Å². The molecule has 0 aliphatic rings. The third-order valence-corrected chi connectivity index (χ3v) is 3.16. The third kappa shape index (κ3) is 2.99. The van der Waals surface area contributed by atoms with Crippen LogP contribution in [-0.4, -0.2) is 16.7 Å². The van der Waals surface area contributed by atoms with Gasteiger partial charge in [-0.2, -0.15) is 0 Å². The van der Waals surface area contributed by atoms with Crippen LogP contribution in [0.2, 0.25) is 0 Å². The molecule has 0 spiro atoms. The van der Waals surface area contributed by atoms with Gasteiger partial charge >= 0.3 is 0 Å². The van der Waals surface area contributed by atoms with E-state index < -0.39 is 0 Å². The van der Waals surface area contributed by atoms with E-state index >= 15 is 0 Å². The Labute approximate surface area is 107 Å². The van der Waals surface area contributed by atoms with Crippen molar-refractivity contribution < 1.29 is 9.52 Å². The molecule has 1 heterocycles. The Bertz CT molecular complexity index is 517. The average molecular weight is 245 g/mol. The summed E-state index contributed by atoms with van der Waals surface area (Å²) >= 11 is 0. The molecular weight excluding hydrogens is 226 g/mol. The second-order valence-corrected chi connectivity index (χ2v) is 4.51. The molecule has 0 saturated carbocycles. The van der Waals surface area contributed by atoms with Gasteiger partial charge in [-0.3, -0.25) is 0 Å². The van der Waals surface area contributed by atoms with Crippen molar-refractivity contribution >= 4 is 0 Å². The molecule has 1 aromatic carbocycles. The molecule has 3 heteroatoms. The Kier molecular flexibility index (Phi) is 4.15. The minimum Gasteiger partial charge on any atom is -0.446 e. The SMILES string of the molecule is Cc1ccccc1CCc1nc(CCO)c(C)o1. The standard InChI is InChI=1S/C15H19NO2/c1-11-5-3-4-6-13(11)7-8-15-16-14(9-10-17)12(2)18-15/h3-6,17H,7-10H2,1-2H3. The van der Waals surface area contributed by atoms with Gasteiger partial charge < -0.3 is 9.52 Å². The molecule has 96 valence electrons. The molecule has 0 unspecified atom stereocenters. The molecule has 0 aliphatic carbocycles. The summed E-state index contributed by atoms with van der Waals surface area (Å²) in [6, 6.07) is 8.36. The maximum absolute atomic E-state index is 8.92. The van der Waals surface area contributed by atoms with Crippen LogP contribution in [0.4, 0.5) is 0 Å². The van der Waals surface area contributed by atoms with Crippen molar-refractivity contribution in [3.05, 3.63) is 52.7 Å². The molecule has 1 N–H and O–H groups in total. The first-order chi connectivity index (χ1) is 8.70. The lowest BCUT2D eigenvalue weighted by Gasteiger charge is -2.02. The quantitative estimate of drug-likeness (QED) is 0.880. The zero-order valence-electron chi connectivity index (χ0n) is 10.9. The number of aromatic nitrogens is 1. The summed E-state index contributed by atoms with van der Waals surface area (Å²) in [5, 5.41) is 8.92. The molecular formula is C15H19NO2. The van der Waals surface area contributed by atoms with Crippen LogP contribution in [-0.2, 0) is 19.3 Å². The Morgan fingerprint density at radius 2 is 1.89 bits per heavy atom. The van der Waals surface area contributed by atoms with Gasteiger partial charge in [-0.05, 0) is 31.4 Å². The largest absolute Gasteiger partial charge is 0.446 e. The molecule has 0 amide bonds. The molecule has 18 heavy (non-hydrogen) atoms. The van der Waals surface area contributed by atoms with Crippen molar-refractivity contribution in [2.45, 2.75) is 33.1 Å². The number of hydrogen-bond donors (Lipinski definition) is 1. The van der Waals surface area contributed by atoms with E-state index in [1.54, 1.807) is 0 Å². The Balaban J connectivity index is 2.02. The fourth-order valence-electron chi connectivity index (χ4n) is 2.06. The average Bonchev–Trinajstić information content (AvgIpc) is 2.70. The van der Waals surface area contributed by atoms with Crippen LogP contribution in [0, 0.1) is 13.8 Å². The van der Waals surface area contributed by atoms with Gasteiger partial charge in [0.05, 0.1) is 5.69 Å². The molecule has 0 atom stereocenters. The Morgan fingerprint density at radius 3 is 2.61 bits per heavy atom. The second-order valence-electron chi connectivity index (χ2n) is 4.51. The van der Waals surface area contributed by atoms with Crippen LogP contribution in [0.25, 0.3) is 0 Å². The highest BCUT2D eigenvalue weighted by atomic mass is 16.4. The molecule has 0 radical (unpaired) electrons. The molecule has 0 fully saturated rings. The van der Waals surface area contributed by atoms with Crippen molar-refractivity contribution in [3.8, 4) is 0 Å². The van der Waals surface area contributed by atoms with E-state index in [9.17, 15) is 0 Å². The highest BCUT2D eigenvalue weighted by Gasteiger charge is 2.09. The second kappa shape index (κ2) is 5.83. The number of oxazole rings is 1. The fraction of sp³-hybridized carbons (Fsp3) is 0.400. The van der Waals surface area contributed by atoms with Crippen LogP contribution in [0.15, 0.2) is 28.7 Å². The maximum atomic E-state index is 8.92. The van der Waals surface area contributed by atoms with Gasteiger partial charge in [0, 0.05) is 19.4 Å². The van der Waals surface area contributed by atoms with Gasteiger partial charge in [0.1, 0.15) is 5.76 Å². The number of aryl methyl sites for hydroxylation is 4. The summed E-state index contributed by atoms with van der Waals surface area (Å²) in [5.41, 5.74) is 3.51. The van der Waals surface area contributed by atoms with E-state index in [-0.39, 0.29) is 6.61 Å². The molecule has 3 nitrogen and oxygen atoms in total. The number of aliphatic hydroxyl groups is 1. The first-order valence-corrected chi connectivity index (χ1v) is 6.31. The normalized spacial score (nSPS) is 10.8. The van der Waals surface area contributed by atoms with E-state index in [1.165, 1.54) is 11.1 Å². The smallest absolute Gasteiger partial charge is 0.194 e. The number of rotatable bonds is 5. The predicted molar refractivity (Wildman–Crippen MR) is 70.6 cm³/mol. The molecule has 2 aromatic rings. The van der Waals surface area contributed by atoms with Crippen molar-refractivity contribution in [3.63, 3.8) is 0 Å². The van der Waals surface area contributed by atoms with Gasteiger partial charge in [-0.15, -0.1) is 0 Å². The topological polar surface area (TPSA) is 46.3 Å². The van der Waals surface area contributed by atoms with Crippen LogP contribution in [0.5, 0.6) is 0 Å². The van der Waals surface area contributed by atoms with Gasteiger partial charge in [-0.1, -0.05) is 24.3 Å². The minimum atomic E-state index is 0.116. The zero-order chi connectivity index (χ0) is 13.0. The fourth-order valence-corrected chi connectivity index (χ4v) is 2.06. The van der Waals surface area contributed by atoms with Gasteiger partial charge in [0.15, 0.2) is 5.89 Å². The van der Waals surface area contributed by atoms with Gasteiger partial charge in [0.2, 0.25) is 0 Å². The Morgan fingerprint density at radius 1 is 1.11 bits per heavy atom. The summed E-state index contributed by atoms with van der Waals surface area (Å²) in [6.07, 6.45) is 2.31. The lowest BCUT2D eigenvalue weighted by atomic mass is 10.0. The summed E-state index contributed by atoms with van der Waals surface area (Å²) in [4.78, 5) is 4.42. The number of nitrogens with zero attached hydrogens (tertiary/aromatic N) is 1. The Hall–Kier alpha value is -1.61. The number of hydrogen-bond acceptors (Lipinski definition) is 3. The minimum absolute atomic E-state index is 0.116. The van der Waals surface area contributed by atoms with Crippen LogP contribution in [0.1, 0.15) is 28.5 Å². The number of benzene rings is 1. The van der Waals surface area contributed by atoms with Gasteiger partial charge in [0.25, 0.3) is 0 Å². The lowest BCUT2D eigenvalue weighted by molar-refractivity contribution is 0.297. The van der Waals surface area contributed by atoms with Crippen molar-refractivity contribution in [2.24, 2.45) is 0 Å². The lowest BCUT2D eigenvalue weighted by Crippen LogP contribution is -1.96. The first-order valence-electron chi connectivity index (χ1n) is 6.31. The predicted octanol–water partition coefficient (Wildman–Crippen LogP) is 2.61. The molecule has 1 aromatic heterocycles. The third-order valence-electron chi connectivity index (χ3n) is 3.16. The van der Waals surface area contributed by atoms with E-state index in [0.29, 0.717) is 6.42 Å². The number of aliphatic hydroxyl groups excluding tert-OH is 1.